The fraction of sp³-hybridized carbons (Fsp3) is 0.118. The van der Waals surface area contributed by atoms with E-state index in [1.807, 2.05) is 37.3 Å². The Morgan fingerprint density at radius 2 is 1.65 bits per heavy atom. The van der Waals surface area contributed by atoms with Gasteiger partial charge in [0.05, 0.1) is 0 Å². The summed E-state index contributed by atoms with van der Waals surface area (Å²) in [7, 11) is 0. The lowest BCUT2D eigenvalue weighted by Gasteiger charge is -2.05. The van der Waals surface area contributed by atoms with Crippen molar-refractivity contribution in [1.82, 2.24) is 0 Å². The first-order valence-corrected chi connectivity index (χ1v) is 6.89. The quantitative estimate of drug-likeness (QED) is 0.507. The van der Waals surface area contributed by atoms with Crippen LogP contribution in [0.2, 0.25) is 0 Å². The van der Waals surface area contributed by atoms with E-state index >= 15 is 0 Å². The normalized spacial score (nSPS) is 13.6. The number of halogens is 1. The van der Waals surface area contributed by atoms with Gasteiger partial charge in [0.25, 0.3) is 0 Å². The summed E-state index contributed by atoms with van der Waals surface area (Å²) in [5.41, 5.74) is 9.64. The van der Waals surface area contributed by atoms with Gasteiger partial charge >= 0.3 is 0 Å². The number of nitrogens with two attached hydrogens (primary N) is 1. The summed E-state index contributed by atoms with van der Waals surface area (Å²) in [6.45, 7) is 1.81. The molecule has 1 atom stereocenters. The van der Waals surface area contributed by atoms with Crippen LogP contribution in [-0.4, -0.2) is 11.7 Å². The number of hydrogen-bond acceptors (Lipinski definition) is 2. The first-order valence-electron chi connectivity index (χ1n) is 6.45. The molecular formula is C17H17ClN2. The van der Waals surface area contributed by atoms with Gasteiger partial charge in [0, 0.05) is 18.0 Å². The topological polar surface area (TPSA) is 38.4 Å². The Balaban J connectivity index is 2.24. The number of hydrogen-bond donors (Lipinski definition) is 1. The Morgan fingerprint density at radius 1 is 1.05 bits per heavy atom. The van der Waals surface area contributed by atoms with Gasteiger partial charge in [0.15, 0.2) is 0 Å². The Morgan fingerprint density at radius 3 is 2.20 bits per heavy atom. The molecule has 20 heavy (non-hydrogen) atoms. The SMILES string of the molecule is CC(Cl)/N=C\C(=C/N)c1ccc(-c2ccccc2)cc1. The van der Waals surface area contributed by atoms with E-state index in [9.17, 15) is 0 Å². The maximum atomic E-state index is 5.81. The molecule has 0 spiro atoms. The largest absolute Gasteiger partial charge is 0.404 e. The van der Waals surface area contributed by atoms with Crippen LogP contribution < -0.4 is 5.73 Å². The highest BCUT2D eigenvalue weighted by Crippen LogP contribution is 2.21. The average molecular weight is 285 g/mol. The third-order valence-electron chi connectivity index (χ3n) is 2.92. The molecule has 0 aromatic heterocycles. The van der Waals surface area contributed by atoms with Gasteiger partial charge in [-0.15, -0.1) is 0 Å². The van der Waals surface area contributed by atoms with Crippen molar-refractivity contribution in [2.24, 2.45) is 10.7 Å². The molecule has 0 aliphatic carbocycles. The monoisotopic (exact) mass is 284 g/mol. The van der Waals surface area contributed by atoms with Crippen LogP contribution >= 0.6 is 11.6 Å². The lowest BCUT2D eigenvalue weighted by Crippen LogP contribution is -1.94. The molecule has 0 aliphatic heterocycles. The highest BCUT2D eigenvalue weighted by Gasteiger charge is 2.01. The van der Waals surface area contributed by atoms with E-state index in [1.165, 1.54) is 11.1 Å². The van der Waals surface area contributed by atoms with E-state index in [4.69, 9.17) is 17.3 Å². The molecular weight excluding hydrogens is 268 g/mol. The van der Waals surface area contributed by atoms with E-state index in [1.54, 1.807) is 12.4 Å². The molecule has 0 aliphatic rings. The van der Waals surface area contributed by atoms with E-state index in [-0.39, 0.29) is 5.50 Å². The molecule has 2 aromatic rings. The van der Waals surface area contributed by atoms with Gasteiger partial charge in [0.1, 0.15) is 5.50 Å². The van der Waals surface area contributed by atoms with Crippen molar-refractivity contribution in [1.29, 1.82) is 0 Å². The van der Waals surface area contributed by atoms with Crippen molar-refractivity contribution >= 4 is 23.4 Å². The second-order valence-electron chi connectivity index (χ2n) is 4.42. The smallest absolute Gasteiger partial charge is 0.121 e. The third-order valence-corrected chi connectivity index (χ3v) is 3.04. The molecule has 0 amide bonds. The molecule has 0 radical (unpaired) electrons. The Labute approximate surface area is 124 Å². The van der Waals surface area contributed by atoms with Crippen molar-refractivity contribution in [3.63, 3.8) is 0 Å². The van der Waals surface area contributed by atoms with Gasteiger partial charge < -0.3 is 5.73 Å². The zero-order valence-electron chi connectivity index (χ0n) is 11.3. The van der Waals surface area contributed by atoms with Crippen LogP contribution in [0.3, 0.4) is 0 Å². The molecule has 0 heterocycles. The fourth-order valence-electron chi connectivity index (χ4n) is 1.88. The van der Waals surface area contributed by atoms with Gasteiger partial charge in [0.2, 0.25) is 0 Å². The van der Waals surface area contributed by atoms with Crippen molar-refractivity contribution in [2.75, 3.05) is 0 Å². The maximum Gasteiger partial charge on any atom is 0.121 e. The van der Waals surface area contributed by atoms with Crippen LogP contribution in [0.25, 0.3) is 16.7 Å². The zero-order chi connectivity index (χ0) is 14.4. The Hall–Kier alpha value is -2.06. The molecule has 0 saturated carbocycles. The predicted molar refractivity (Wildman–Crippen MR) is 87.8 cm³/mol. The molecule has 3 heteroatoms. The summed E-state index contributed by atoms with van der Waals surface area (Å²) in [6.07, 6.45) is 3.25. The molecule has 0 bridgehead atoms. The molecule has 0 fully saturated rings. The molecule has 102 valence electrons. The van der Waals surface area contributed by atoms with Gasteiger partial charge in [-0.3, -0.25) is 4.99 Å². The van der Waals surface area contributed by atoms with E-state index in [0.717, 1.165) is 11.1 Å². The van der Waals surface area contributed by atoms with Gasteiger partial charge in [-0.1, -0.05) is 66.2 Å². The second-order valence-corrected chi connectivity index (χ2v) is 5.05. The van der Waals surface area contributed by atoms with E-state index in [0.29, 0.717) is 0 Å². The Bertz CT molecular complexity index is 599. The van der Waals surface area contributed by atoms with E-state index < -0.39 is 0 Å². The van der Waals surface area contributed by atoms with Crippen molar-refractivity contribution in [3.8, 4) is 11.1 Å². The van der Waals surface area contributed by atoms with Crippen LogP contribution in [0.15, 0.2) is 65.8 Å². The summed E-state index contributed by atoms with van der Waals surface area (Å²) in [5.74, 6) is 0. The fourth-order valence-corrected chi connectivity index (χ4v) is 1.94. The number of alkyl halides is 1. The highest BCUT2D eigenvalue weighted by molar-refractivity contribution is 6.21. The molecule has 1 unspecified atom stereocenters. The summed E-state index contributed by atoms with van der Waals surface area (Å²) in [6, 6.07) is 18.5. The number of benzene rings is 2. The van der Waals surface area contributed by atoms with Crippen LogP contribution in [-0.2, 0) is 0 Å². The van der Waals surface area contributed by atoms with Crippen LogP contribution in [0, 0.1) is 0 Å². The minimum atomic E-state index is -0.256. The van der Waals surface area contributed by atoms with Crippen molar-refractivity contribution in [3.05, 3.63) is 66.4 Å². The third kappa shape index (κ3) is 3.72. The van der Waals surface area contributed by atoms with E-state index in [2.05, 4.69) is 29.3 Å². The zero-order valence-corrected chi connectivity index (χ0v) is 12.1. The molecule has 2 aromatic carbocycles. The maximum absolute atomic E-state index is 5.81. The minimum absolute atomic E-state index is 0.256. The summed E-state index contributed by atoms with van der Waals surface area (Å²) in [4.78, 5) is 4.14. The first kappa shape index (κ1) is 14.4. The molecule has 2 rings (SSSR count). The summed E-state index contributed by atoms with van der Waals surface area (Å²) < 4.78 is 0. The molecule has 2 N–H and O–H groups in total. The summed E-state index contributed by atoms with van der Waals surface area (Å²) in [5, 5.41) is 0. The minimum Gasteiger partial charge on any atom is -0.404 e. The summed E-state index contributed by atoms with van der Waals surface area (Å²) >= 11 is 5.81. The molecule has 2 nitrogen and oxygen atoms in total. The van der Waals surface area contributed by atoms with Crippen LogP contribution in [0.1, 0.15) is 12.5 Å². The predicted octanol–water partition coefficient (Wildman–Crippen LogP) is 4.31. The van der Waals surface area contributed by atoms with Crippen molar-refractivity contribution in [2.45, 2.75) is 12.4 Å². The second kappa shape index (κ2) is 6.92. The Kier molecular flexibility index (Phi) is 4.97. The lowest BCUT2D eigenvalue weighted by molar-refractivity contribution is 1.04. The lowest BCUT2D eigenvalue weighted by atomic mass is 10.0. The van der Waals surface area contributed by atoms with Crippen molar-refractivity contribution < 1.29 is 0 Å². The number of aliphatic imine (C=N–C) groups is 1. The van der Waals surface area contributed by atoms with Crippen LogP contribution in [0.4, 0.5) is 0 Å². The van der Waals surface area contributed by atoms with Crippen LogP contribution in [0.5, 0.6) is 0 Å². The number of allylic oxidation sites excluding steroid dienone is 1. The van der Waals surface area contributed by atoms with Gasteiger partial charge in [-0.25, -0.2) is 0 Å². The first-order chi connectivity index (χ1) is 9.70. The highest BCUT2D eigenvalue weighted by atomic mass is 35.5. The van der Waals surface area contributed by atoms with Gasteiger partial charge in [-0.05, 0) is 23.6 Å². The standard InChI is InChI=1S/C17H17ClN2/c1-13(18)20-12-17(11-19)16-9-7-15(8-10-16)14-5-3-2-4-6-14/h2-13H,19H2,1H3/b17-11+,20-12-. The average Bonchev–Trinajstić information content (AvgIpc) is 2.49. The molecule has 0 saturated heterocycles. The number of rotatable bonds is 4. The number of nitrogens with zero attached hydrogens (tertiary/aromatic N) is 1. The van der Waals surface area contributed by atoms with Gasteiger partial charge in [-0.2, -0.15) is 0 Å².